The first kappa shape index (κ1) is 16.0. The molecule has 3 heteroatoms. The van der Waals surface area contributed by atoms with Crippen LogP contribution in [0.1, 0.15) is 32.8 Å². The van der Waals surface area contributed by atoms with E-state index in [1.165, 1.54) is 5.56 Å². The van der Waals surface area contributed by atoms with E-state index in [-0.39, 0.29) is 5.54 Å². The first-order chi connectivity index (χ1) is 8.99. The van der Waals surface area contributed by atoms with Gasteiger partial charge in [0.1, 0.15) is 12.4 Å². The lowest BCUT2D eigenvalue weighted by Crippen LogP contribution is -2.42. The lowest BCUT2D eigenvalue weighted by molar-refractivity contribution is 0.125. The van der Waals surface area contributed by atoms with Crippen molar-refractivity contribution < 1.29 is 4.74 Å². The number of hydrogen-bond acceptors (Lipinski definition) is 3. The topological polar surface area (TPSA) is 24.5 Å². The summed E-state index contributed by atoms with van der Waals surface area (Å²) in [5.41, 5.74) is 1.49. The third-order valence-electron chi connectivity index (χ3n) is 3.87. The molecule has 108 valence electrons. The van der Waals surface area contributed by atoms with Gasteiger partial charge in [-0.25, -0.2) is 0 Å². The number of rotatable bonds is 8. The first-order valence-corrected chi connectivity index (χ1v) is 7.07. The summed E-state index contributed by atoms with van der Waals surface area (Å²) in [6.45, 7) is 9.29. The van der Waals surface area contributed by atoms with Gasteiger partial charge in [-0.3, -0.25) is 4.90 Å². The number of benzene rings is 1. The molecule has 0 bridgehead atoms. The van der Waals surface area contributed by atoms with Crippen LogP contribution in [-0.2, 0) is 6.54 Å². The Morgan fingerprint density at radius 3 is 2.68 bits per heavy atom. The molecule has 0 heterocycles. The second-order valence-corrected chi connectivity index (χ2v) is 5.61. The third kappa shape index (κ3) is 5.21. The third-order valence-corrected chi connectivity index (χ3v) is 3.87. The highest BCUT2D eigenvalue weighted by atomic mass is 16.5. The van der Waals surface area contributed by atoms with Crippen molar-refractivity contribution >= 4 is 0 Å². The van der Waals surface area contributed by atoms with Crippen LogP contribution in [0.25, 0.3) is 0 Å². The molecule has 0 amide bonds. The molecule has 1 rings (SSSR count). The van der Waals surface area contributed by atoms with Gasteiger partial charge >= 0.3 is 0 Å². The van der Waals surface area contributed by atoms with Gasteiger partial charge in [0.05, 0.1) is 0 Å². The summed E-state index contributed by atoms with van der Waals surface area (Å²) in [5, 5.41) is 3.15. The van der Waals surface area contributed by atoms with Crippen molar-refractivity contribution in [3.63, 3.8) is 0 Å². The van der Waals surface area contributed by atoms with Gasteiger partial charge in [0.2, 0.25) is 0 Å². The van der Waals surface area contributed by atoms with Crippen molar-refractivity contribution in [2.75, 3.05) is 27.2 Å². The molecule has 0 fully saturated rings. The summed E-state index contributed by atoms with van der Waals surface area (Å²) in [6, 6.07) is 8.27. The van der Waals surface area contributed by atoms with E-state index in [1.807, 2.05) is 19.2 Å². The number of hydrogen-bond donors (Lipinski definition) is 1. The zero-order valence-electron chi connectivity index (χ0n) is 13.0. The molecule has 0 saturated heterocycles. The Balaban J connectivity index is 2.43. The van der Waals surface area contributed by atoms with Gasteiger partial charge in [-0.05, 0) is 52.1 Å². The van der Waals surface area contributed by atoms with Crippen molar-refractivity contribution in [3.8, 4) is 5.75 Å². The molecule has 0 spiro atoms. The van der Waals surface area contributed by atoms with Crippen LogP contribution >= 0.6 is 0 Å². The number of likely N-dealkylation sites (N-methyl/N-ethyl adjacent to an activating group) is 1. The number of nitrogens with one attached hydrogen (secondary N) is 1. The molecule has 3 nitrogen and oxygen atoms in total. The summed E-state index contributed by atoms with van der Waals surface area (Å²) >= 11 is 0. The largest absolute Gasteiger partial charge is 0.492 e. The van der Waals surface area contributed by atoms with Crippen LogP contribution in [-0.4, -0.2) is 37.7 Å². The molecule has 0 aromatic heterocycles. The second-order valence-electron chi connectivity index (χ2n) is 5.61. The van der Waals surface area contributed by atoms with E-state index >= 15 is 0 Å². The highest BCUT2D eigenvalue weighted by Crippen LogP contribution is 2.17. The Hall–Kier alpha value is -1.06. The van der Waals surface area contributed by atoms with E-state index in [2.05, 4.69) is 50.2 Å². The monoisotopic (exact) mass is 264 g/mol. The molecule has 0 aliphatic heterocycles. The summed E-state index contributed by atoms with van der Waals surface area (Å²) < 4.78 is 5.83. The highest BCUT2D eigenvalue weighted by molar-refractivity contribution is 5.28. The predicted octanol–water partition coefficient (Wildman–Crippen LogP) is 2.91. The molecule has 1 N–H and O–H groups in total. The Morgan fingerprint density at radius 1 is 1.32 bits per heavy atom. The molecule has 1 aromatic carbocycles. The van der Waals surface area contributed by atoms with Crippen molar-refractivity contribution in [2.24, 2.45) is 0 Å². The van der Waals surface area contributed by atoms with E-state index < -0.39 is 0 Å². The lowest BCUT2D eigenvalue weighted by Gasteiger charge is -2.34. The smallest absolute Gasteiger partial charge is 0.119 e. The Morgan fingerprint density at radius 2 is 2.05 bits per heavy atom. The number of ether oxygens (including phenoxy) is 1. The van der Waals surface area contributed by atoms with E-state index in [0.29, 0.717) is 0 Å². The molecular formula is C16H28N2O. The average molecular weight is 264 g/mol. The van der Waals surface area contributed by atoms with Crippen LogP contribution in [0, 0.1) is 0 Å². The number of nitrogens with zero attached hydrogens (tertiary/aromatic N) is 1. The average Bonchev–Trinajstić information content (AvgIpc) is 2.39. The minimum absolute atomic E-state index is 0.233. The summed E-state index contributed by atoms with van der Waals surface area (Å²) in [5.74, 6) is 0.954. The molecule has 1 aromatic rings. The quantitative estimate of drug-likeness (QED) is 0.781. The minimum Gasteiger partial charge on any atom is -0.492 e. The Kier molecular flexibility index (Phi) is 6.32. The van der Waals surface area contributed by atoms with E-state index in [0.717, 1.165) is 31.9 Å². The normalized spacial score (nSPS) is 11.9. The minimum atomic E-state index is 0.233. The maximum absolute atomic E-state index is 5.83. The maximum atomic E-state index is 5.83. The predicted molar refractivity (Wildman–Crippen MR) is 81.7 cm³/mol. The molecule has 0 aliphatic carbocycles. The van der Waals surface area contributed by atoms with Crippen LogP contribution in [0.15, 0.2) is 24.3 Å². The molecule has 0 unspecified atom stereocenters. The summed E-state index contributed by atoms with van der Waals surface area (Å²) in [7, 11) is 4.11. The van der Waals surface area contributed by atoms with Crippen LogP contribution < -0.4 is 10.1 Å². The highest BCUT2D eigenvalue weighted by Gasteiger charge is 2.20. The SMILES string of the molecule is CCC(C)(C)N(C)CCOc1cccc(CNC)c1. The van der Waals surface area contributed by atoms with E-state index in [9.17, 15) is 0 Å². The van der Waals surface area contributed by atoms with Gasteiger partial charge in [0.25, 0.3) is 0 Å². The van der Waals surface area contributed by atoms with Gasteiger partial charge < -0.3 is 10.1 Å². The standard InChI is InChI=1S/C16H28N2O/c1-6-16(2,3)18(5)10-11-19-15-9-7-8-14(12-15)13-17-4/h7-9,12,17H,6,10-11,13H2,1-5H3. The van der Waals surface area contributed by atoms with Crippen LogP contribution in [0.5, 0.6) is 5.75 Å². The van der Waals surface area contributed by atoms with Crippen molar-refractivity contribution in [1.82, 2.24) is 10.2 Å². The fourth-order valence-electron chi connectivity index (χ4n) is 1.82. The van der Waals surface area contributed by atoms with Gasteiger partial charge in [-0.1, -0.05) is 19.1 Å². The van der Waals surface area contributed by atoms with E-state index in [4.69, 9.17) is 4.74 Å². The van der Waals surface area contributed by atoms with Crippen molar-refractivity contribution in [3.05, 3.63) is 29.8 Å². The molecule has 0 saturated carbocycles. The van der Waals surface area contributed by atoms with Gasteiger partial charge in [-0.2, -0.15) is 0 Å². The molecule has 0 radical (unpaired) electrons. The summed E-state index contributed by atoms with van der Waals surface area (Å²) in [4.78, 5) is 2.35. The molecular weight excluding hydrogens is 236 g/mol. The fourth-order valence-corrected chi connectivity index (χ4v) is 1.82. The maximum Gasteiger partial charge on any atom is 0.119 e. The van der Waals surface area contributed by atoms with Crippen LogP contribution in [0.2, 0.25) is 0 Å². The molecule has 0 atom stereocenters. The Bertz CT molecular complexity index is 377. The van der Waals surface area contributed by atoms with Crippen LogP contribution in [0.3, 0.4) is 0 Å². The second kappa shape index (κ2) is 7.51. The molecule has 19 heavy (non-hydrogen) atoms. The van der Waals surface area contributed by atoms with Gasteiger partial charge in [0.15, 0.2) is 0 Å². The molecule has 0 aliphatic rings. The summed E-state index contributed by atoms with van der Waals surface area (Å²) in [6.07, 6.45) is 1.14. The van der Waals surface area contributed by atoms with E-state index in [1.54, 1.807) is 0 Å². The van der Waals surface area contributed by atoms with Crippen molar-refractivity contribution in [1.29, 1.82) is 0 Å². The van der Waals surface area contributed by atoms with Crippen LogP contribution in [0.4, 0.5) is 0 Å². The van der Waals surface area contributed by atoms with Crippen molar-refractivity contribution in [2.45, 2.75) is 39.3 Å². The fraction of sp³-hybridized carbons (Fsp3) is 0.625. The Labute approximate surface area is 118 Å². The van der Waals surface area contributed by atoms with Gasteiger partial charge in [-0.15, -0.1) is 0 Å². The first-order valence-electron chi connectivity index (χ1n) is 7.07. The zero-order chi connectivity index (χ0) is 14.3. The zero-order valence-corrected chi connectivity index (χ0v) is 13.0. The lowest BCUT2D eigenvalue weighted by atomic mass is 10.0. The van der Waals surface area contributed by atoms with Gasteiger partial charge in [0, 0.05) is 18.6 Å².